The summed E-state index contributed by atoms with van der Waals surface area (Å²) in [5.41, 5.74) is 0.691. The summed E-state index contributed by atoms with van der Waals surface area (Å²) in [5, 5.41) is 7.97. The second kappa shape index (κ2) is 7.83. The number of benzene rings is 1. The average Bonchev–Trinajstić information content (AvgIpc) is 3.22. The van der Waals surface area contributed by atoms with E-state index in [0.29, 0.717) is 27.3 Å². The summed E-state index contributed by atoms with van der Waals surface area (Å²) in [5.74, 6) is 0.838. The van der Waals surface area contributed by atoms with E-state index in [1.165, 1.54) is 6.08 Å². The number of nitrogens with zero attached hydrogens (tertiary/aromatic N) is 2. The molecule has 0 unspecified atom stereocenters. The van der Waals surface area contributed by atoms with Crippen molar-refractivity contribution in [2.75, 3.05) is 18.5 Å². The molecule has 1 amide bonds. The smallest absolute Gasteiger partial charge is 0.249 e. The average molecular weight is 366 g/mol. The zero-order valence-corrected chi connectivity index (χ0v) is 14.4. The Kier molecular flexibility index (Phi) is 5.56. The van der Waals surface area contributed by atoms with Gasteiger partial charge < -0.3 is 10.1 Å². The van der Waals surface area contributed by atoms with Gasteiger partial charge in [-0.15, -0.1) is 0 Å². The van der Waals surface area contributed by atoms with Crippen molar-refractivity contribution >= 4 is 41.0 Å². The molecule has 2 heterocycles. The Morgan fingerprint density at radius 3 is 3.08 bits per heavy atom. The van der Waals surface area contributed by atoms with E-state index in [9.17, 15) is 4.79 Å². The highest BCUT2D eigenvalue weighted by Gasteiger charge is 2.18. The molecule has 1 aromatic carbocycles. The fourth-order valence-corrected chi connectivity index (χ4v) is 2.91. The second-order valence-corrected chi connectivity index (χ2v) is 6.38. The molecule has 126 valence electrons. The Labute approximate surface area is 150 Å². The van der Waals surface area contributed by atoms with Crippen LogP contribution in [0.3, 0.4) is 0 Å². The first-order valence-electron chi connectivity index (χ1n) is 7.66. The molecule has 0 saturated carbocycles. The van der Waals surface area contributed by atoms with Crippen LogP contribution in [0.2, 0.25) is 10.0 Å². The fraction of sp³-hybridized carbons (Fsp3) is 0.294. The number of carbonyl (C=O) groups is 1. The van der Waals surface area contributed by atoms with Gasteiger partial charge in [-0.2, -0.15) is 5.10 Å². The van der Waals surface area contributed by atoms with Gasteiger partial charge in [-0.05, 0) is 24.1 Å². The molecule has 1 aliphatic heterocycles. The summed E-state index contributed by atoms with van der Waals surface area (Å²) in [6.07, 6.45) is 5.74. The number of aromatic nitrogens is 2. The molecule has 0 radical (unpaired) electrons. The van der Waals surface area contributed by atoms with Gasteiger partial charge in [0.2, 0.25) is 5.91 Å². The van der Waals surface area contributed by atoms with Gasteiger partial charge in [0.05, 0.1) is 22.8 Å². The Morgan fingerprint density at radius 1 is 1.42 bits per heavy atom. The highest BCUT2D eigenvalue weighted by atomic mass is 35.5. The summed E-state index contributed by atoms with van der Waals surface area (Å²) < 4.78 is 7.16. The van der Waals surface area contributed by atoms with Crippen LogP contribution in [0.25, 0.3) is 6.08 Å². The Bertz CT molecular complexity index is 752. The van der Waals surface area contributed by atoms with E-state index >= 15 is 0 Å². The number of hydrogen-bond donors (Lipinski definition) is 1. The van der Waals surface area contributed by atoms with Gasteiger partial charge >= 0.3 is 0 Å². The lowest BCUT2D eigenvalue weighted by molar-refractivity contribution is -0.111. The van der Waals surface area contributed by atoms with Gasteiger partial charge in [0.25, 0.3) is 0 Å². The van der Waals surface area contributed by atoms with Gasteiger partial charge in [-0.3, -0.25) is 4.79 Å². The molecule has 7 heteroatoms. The van der Waals surface area contributed by atoms with Crippen molar-refractivity contribution in [3.63, 3.8) is 0 Å². The van der Waals surface area contributed by atoms with Crippen molar-refractivity contribution in [2.24, 2.45) is 5.92 Å². The van der Waals surface area contributed by atoms with Gasteiger partial charge in [0.15, 0.2) is 0 Å². The highest BCUT2D eigenvalue weighted by molar-refractivity contribution is 6.42. The number of anilines is 1. The first kappa shape index (κ1) is 17.0. The summed E-state index contributed by atoms with van der Waals surface area (Å²) >= 11 is 12.1. The van der Waals surface area contributed by atoms with E-state index in [4.69, 9.17) is 27.9 Å². The first-order valence-corrected chi connectivity index (χ1v) is 8.41. The molecule has 0 aliphatic carbocycles. The molecule has 1 atom stereocenters. The fourth-order valence-electron chi connectivity index (χ4n) is 2.54. The van der Waals surface area contributed by atoms with E-state index in [2.05, 4.69) is 10.4 Å². The summed E-state index contributed by atoms with van der Waals surface area (Å²) in [4.78, 5) is 12.1. The van der Waals surface area contributed by atoms with Crippen molar-refractivity contribution < 1.29 is 9.53 Å². The third kappa shape index (κ3) is 4.17. The lowest BCUT2D eigenvalue weighted by Gasteiger charge is -2.11. The third-order valence-electron chi connectivity index (χ3n) is 3.82. The van der Waals surface area contributed by atoms with Crippen LogP contribution in [0, 0.1) is 5.92 Å². The van der Waals surface area contributed by atoms with Crippen molar-refractivity contribution in [1.29, 1.82) is 0 Å². The molecule has 0 bridgehead atoms. The molecule has 5 nitrogen and oxygen atoms in total. The molecule has 2 aromatic rings. The monoisotopic (exact) mass is 365 g/mol. The summed E-state index contributed by atoms with van der Waals surface area (Å²) in [7, 11) is 0. The predicted molar refractivity (Wildman–Crippen MR) is 95.3 cm³/mol. The molecular weight excluding hydrogens is 349 g/mol. The van der Waals surface area contributed by atoms with Gasteiger partial charge in [0.1, 0.15) is 5.82 Å². The van der Waals surface area contributed by atoms with Gasteiger partial charge in [-0.1, -0.05) is 35.3 Å². The summed E-state index contributed by atoms with van der Waals surface area (Å²) in [6.45, 7) is 2.25. The Balaban J connectivity index is 1.64. The maximum Gasteiger partial charge on any atom is 0.249 e. The molecule has 1 N–H and O–H groups in total. The minimum atomic E-state index is -0.254. The standard InChI is InChI=1S/C17H17Cl2N3O2/c18-14-3-1-2-13(17(14)19)4-5-16(23)21-15-6-8-20-22(15)10-12-7-9-24-11-12/h1-6,8,12H,7,9-11H2,(H,21,23)/b5-4+/t12-/m1/s1. The molecule has 0 spiro atoms. The van der Waals surface area contributed by atoms with Crippen LogP contribution in [0.5, 0.6) is 0 Å². The van der Waals surface area contributed by atoms with Crippen LogP contribution in [-0.4, -0.2) is 28.9 Å². The Hall–Kier alpha value is -1.82. The van der Waals surface area contributed by atoms with Crippen molar-refractivity contribution in [2.45, 2.75) is 13.0 Å². The zero-order valence-electron chi connectivity index (χ0n) is 12.9. The minimum Gasteiger partial charge on any atom is -0.381 e. The highest BCUT2D eigenvalue weighted by Crippen LogP contribution is 2.26. The SMILES string of the molecule is O=C(/C=C/c1cccc(Cl)c1Cl)Nc1ccnn1C[C@H]1CCOC1. The quantitative estimate of drug-likeness (QED) is 0.818. The van der Waals surface area contributed by atoms with E-state index in [0.717, 1.165) is 26.2 Å². The second-order valence-electron chi connectivity index (χ2n) is 5.59. The first-order chi connectivity index (χ1) is 11.6. The molecule has 1 fully saturated rings. The maximum atomic E-state index is 12.1. The molecule has 3 rings (SSSR count). The molecule has 1 saturated heterocycles. The Morgan fingerprint density at radius 2 is 2.29 bits per heavy atom. The van der Waals surface area contributed by atoms with Crippen LogP contribution in [0.15, 0.2) is 36.5 Å². The zero-order chi connectivity index (χ0) is 16.9. The maximum absolute atomic E-state index is 12.1. The predicted octanol–water partition coefficient (Wildman–Crippen LogP) is 3.88. The van der Waals surface area contributed by atoms with Crippen molar-refractivity contribution in [3.05, 3.63) is 52.1 Å². The number of halogens is 2. The van der Waals surface area contributed by atoms with Gasteiger partial charge in [-0.25, -0.2) is 4.68 Å². The molecular formula is C17H17Cl2N3O2. The molecule has 1 aromatic heterocycles. The van der Waals surface area contributed by atoms with Crippen LogP contribution in [0.4, 0.5) is 5.82 Å². The van der Waals surface area contributed by atoms with E-state index in [1.807, 2.05) is 0 Å². The van der Waals surface area contributed by atoms with E-state index in [1.54, 1.807) is 41.2 Å². The minimum absolute atomic E-state index is 0.254. The topological polar surface area (TPSA) is 56.2 Å². The van der Waals surface area contributed by atoms with Crippen molar-refractivity contribution in [1.82, 2.24) is 9.78 Å². The lowest BCUT2D eigenvalue weighted by atomic mass is 10.1. The van der Waals surface area contributed by atoms with Crippen LogP contribution in [-0.2, 0) is 16.1 Å². The largest absolute Gasteiger partial charge is 0.381 e. The number of ether oxygens (including phenoxy) is 1. The number of hydrogen-bond acceptors (Lipinski definition) is 3. The van der Waals surface area contributed by atoms with E-state index in [-0.39, 0.29) is 5.91 Å². The lowest BCUT2D eigenvalue weighted by Crippen LogP contribution is -2.17. The van der Waals surface area contributed by atoms with Crippen LogP contribution in [0.1, 0.15) is 12.0 Å². The number of rotatable bonds is 5. The van der Waals surface area contributed by atoms with Crippen molar-refractivity contribution in [3.8, 4) is 0 Å². The summed E-state index contributed by atoms with van der Waals surface area (Å²) in [6, 6.07) is 7.05. The number of nitrogens with one attached hydrogen (secondary N) is 1. The van der Waals surface area contributed by atoms with E-state index < -0.39 is 0 Å². The van der Waals surface area contributed by atoms with Gasteiger partial charge in [0, 0.05) is 31.2 Å². The van der Waals surface area contributed by atoms with Crippen LogP contribution >= 0.6 is 23.2 Å². The van der Waals surface area contributed by atoms with Crippen LogP contribution < -0.4 is 5.32 Å². The molecule has 24 heavy (non-hydrogen) atoms. The third-order valence-corrected chi connectivity index (χ3v) is 4.65. The molecule has 1 aliphatic rings. The normalized spacial score (nSPS) is 17.5. The number of amides is 1. The number of carbonyl (C=O) groups excluding carboxylic acids is 1.